The van der Waals surface area contributed by atoms with Crippen LogP contribution in [0.3, 0.4) is 0 Å². The molecule has 0 bridgehead atoms. The van der Waals surface area contributed by atoms with Crippen LogP contribution in [0.5, 0.6) is 0 Å². The lowest BCUT2D eigenvalue weighted by molar-refractivity contribution is 0.835. The summed E-state index contributed by atoms with van der Waals surface area (Å²) in [6.07, 6.45) is 0. The van der Waals surface area contributed by atoms with Gasteiger partial charge >= 0.3 is 0 Å². The average molecular weight is 565 g/mol. The van der Waals surface area contributed by atoms with E-state index in [-0.39, 0.29) is 0 Å². The van der Waals surface area contributed by atoms with Gasteiger partial charge in [0.15, 0.2) is 0 Å². The average Bonchev–Trinajstić information content (AvgIpc) is 3.50. The first kappa shape index (κ1) is 26.8. The molecule has 0 radical (unpaired) electrons. The summed E-state index contributed by atoms with van der Waals surface area (Å²) in [7, 11) is -1.79. The van der Waals surface area contributed by atoms with E-state index in [9.17, 15) is 0 Å². The Hall–Kier alpha value is -4.08. The quantitative estimate of drug-likeness (QED) is 0.178. The predicted octanol–water partition coefficient (Wildman–Crippen LogP) is 10.8. The Balaban J connectivity index is 1.48. The molecule has 0 atom stereocenters. The topological polar surface area (TPSA) is 9.86 Å². The van der Waals surface area contributed by atoms with E-state index < -0.39 is 8.07 Å². The third-order valence-electron chi connectivity index (χ3n) is 9.96. The Bertz CT molecular complexity index is 2010. The van der Waals surface area contributed by atoms with Gasteiger partial charge in [-0.15, -0.1) is 0 Å². The third-order valence-corrected chi connectivity index (χ3v) is 17.0. The van der Waals surface area contributed by atoms with Crippen LogP contribution in [-0.4, -0.2) is 17.2 Å². The number of aromatic nitrogens is 2. The van der Waals surface area contributed by atoms with E-state index in [0.717, 1.165) is 0 Å². The number of fused-ring (bicyclic) bond motifs is 6. The Morgan fingerprint density at radius 1 is 0.405 bits per heavy atom. The van der Waals surface area contributed by atoms with E-state index in [1.807, 2.05) is 0 Å². The van der Waals surface area contributed by atoms with Crippen LogP contribution in [0.1, 0.15) is 41.5 Å². The first-order chi connectivity index (χ1) is 20.3. The van der Waals surface area contributed by atoms with Gasteiger partial charge in [0.2, 0.25) is 0 Å². The first-order valence-corrected chi connectivity index (χ1v) is 17.7. The second-order valence-corrected chi connectivity index (χ2v) is 18.8. The smallest absolute Gasteiger partial charge is 0.0942 e. The summed E-state index contributed by atoms with van der Waals surface area (Å²) in [5.41, 5.74) is 9.39. The molecule has 0 aliphatic heterocycles. The standard InChI is InChI=1S/C39H40N2Si/c1-26(2)42(27(3)4,28(5)6)31-22-23-39-35(25-31)34-18-9-12-21-38(34)41(39)30-15-13-14-29(24-30)40-36-19-10-7-16-32(36)33-17-8-11-20-37(33)40/h7-28H,1-6H3. The summed E-state index contributed by atoms with van der Waals surface area (Å²) in [4.78, 5) is 0. The molecule has 2 aromatic heterocycles. The molecule has 210 valence electrons. The second kappa shape index (κ2) is 10.0. The SMILES string of the molecule is CC(C)[Si](c1ccc2c(c1)c1ccccc1n2-c1cccc(-n2c3ccccc3c3ccccc32)c1)(C(C)C)C(C)C. The maximum Gasteiger partial charge on any atom is 0.0942 e. The minimum Gasteiger partial charge on any atom is -0.309 e. The molecule has 3 heteroatoms. The number of para-hydroxylation sites is 3. The third kappa shape index (κ3) is 3.76. The Kier molecular flexibility index (Phi) is 6.40. The van der Waals surface area contributed by atoms with Crippen molar-refractivity contribution in [3.8, 4) is 11.4 Å². The van der Waals surface area contributed by atoms with Gasteiger partial charge in [0.1, 0.15) is 0 Å². The molecule has 0 saturated heterocycles. The van der Waals surface area contributed by atoms with Gasteiger partial charge in [-0.05, 0) is 59.1 Å². The molecule has 5 aromatic carbocycles. The zero-order valence-corrected chi connectivity index (χ0v) is 26.6. The first-order valence-electron chi connectivity index (χ1n) is 15.5. The molecule has 0 aliphatic rings. The van der Waals surface area contributed by atoms with E-state index in [1.165, 1.54) is 55.0 Å². The van der Waals surface area contributed by atoms with Gasteiger partial charge in [-0.3, -0.25) is 0 Å². The molecule has 0 saturated carbocycles. The van der Waals surface area contributed by atoms with Gasteiger partial charge in [0.05, 0.1) is 30.1 Å². The summed E-state index contributed by atoms with van der Waals surface area (Å²) in [6.45, 7) is 14.7. The van der Waals surface area contributed by atoms with Gasteiger partial charge in [0.25, 0.3) is 0 Å². The fourth-order valence-corrected chi connectivity index (χ4v) is 15.3. The molecular weight excluding hydrogens is 525 g/mol. The summed E-state index contributed by atoms with van der Waals surface area (Å²) >= 11 is 0. The molecule has 2 nitrogen and oxygen atoms in total. The molecule has 0 unspecified atom stereocenters. The molecule has 0 N–H and O–H groups in total. The van der Waals surface area contributed by atoms with Gasteiger partial charge in [0, 0.05) is 32.9 Å². The monoisotopic (exact) mass is 564 g/mol. The van der Waals surface area contributed by atoms with Crippen molar-refractivity contribution in [3.05, 3.63) is 115 Å². The highest BCUT2D eigenvalue weighted by Gasteiger charge is 2.44. The van der Waals surface area contributed by atoms with Gasteiger partial charge in [-0.1, -0.05) is 120 Å². The van der Waals surface area contributed by atoms with Gasteiger partial charge in [-0.25, -0.2) is 0 Å². The lowest BCUT2D eigenvalue weighted by atomic mass is 10.1. The number of rotatable bonds is 6. The van der Waals surface area contributed by atoms with Crippen LogP contribution in [0.15, 0.2) is 115 Å². The highest BCUT2D eigenvalue weighted by molar-refractivity contribution is 6.95. The molecular formula is C39H40N2Si. The maximum atomic E-state index is 2.57. The van der Waals surface area contributed by atoms with E-state index in [2.05, 4.69) is 166 Å². The van der Waals surface area contributed by atoms with Crippen molar-refractivity contribution in [3.63, 3.8) is 0 Å². The van der Waals surface area contributed by atoms with Crippen molar-refractivity contribution >= 4 is 56.9 Å². The molecule has 0 spiro atoms. The number of hydrogen-bond acceptors (Lipinski definition) is 0. The largest absolute Gasteiger partial charge is 0.309 e. The van der Waals surface area contributed by atoms with Crippen molar-refractivity contribution < 1.29 is 0 Å². The molecule has 2 heterocycles. The minimum atomic E-state index is -1.79. The molecule has 7 aromatic rings. The highest BCUT2D eigenvalue weighted by Crippen LogP contribution is 2.42. The number of nitrogens with zero attached hydrogens (tertiary/aromatic N) is 2. The normalized spacial score (nSPS) is 12.7. The summed E-state index contributed by atoms with van der Waals surface area (Å²) in [6, 6.07) is 42.9. The summed E-state index contributed by atoms with van der Waals surface area (Å²) in [5, 5.41) is 6.86. The van der Waals surface area contributed by atoms with E-state index in [1.54, 1.807) is 5.19 Å². The van der Waals surface area contributed by atoms with E-state index in [0.29, 0.717) is 16.6 Å². The number of benzene rings is 5. The van der Waals surface area contributed by atoms with Crippen LogP contribution < -0.4 is 5.19 Å². The van der Waals surface area contributed by atoms with Crippen molar-refractivity contribution in [2.45, 2.75) is 58.2 Å². The lowest BCUT2D eigenvalue weighted by Gasteiger charge is -2.43. The summed E-state index contributed by atoms with van der Waals surface area (Å²) < 4.78 is 4.88. The molecule has 7 rings (SSSR count). The van der Waals surface area contributed by atoms with E-state index >= 15 is 0 Å². The fraction of sp³-hybridized carbons (Fsp3) is 0.231. The Morgan fingerprint density at radius 3 is 1.26 bits per heavy atom. The minimum absolute atomic E-state index is 0.672. The Morgan fingerprint density at radius 2 is 0.810 bits per heavy atom. The predicted molar refractivity (Wildman–Crippen MR) is 186 cm³/mol. The molecule has 0 fully saturated rings. The van der Waals surface area contributed by atoms with Gasteiger partial charge < -0.3 is 9.13 Å². The maximum absolute atomic E-state index is 2.57. The molecule has 0 amide bonds. The lowest BCUT2D eigenvalue weighted by Crippen LogP contribution is -2.55. The van der Waals surface area contributed by atoms with Crippen LogP contribution in [0.2, 0.25) is 16.6 Å². The fourth-order valence-electron chi connectivity index (χ4n) is 8.49. The van der Waals surface area contributed by atoms with Crippen molar-refractivity contribution in [1.29, 1.82) is 0 Å². The van der Waals surface area contributed by atoms with Crippen molar-refractivity contribution in [2.75, 3.05) is 0 Å². The van der Waals surface area contributed by atoms with Crippen LogP contribution in [-0.2, 0) is 0 Å². The zero-order chi connectivity index (χ0) is 29.2. The molecule has 0 aliphatic carbocycles. The Labute approximate surface area is 250 Å². The number of hydrogen-bond donors (Lipinski definition) is 0. The van der Waals surface area contributed by atoms with Crippen LogP contribution in [0, 0.1) is 0 Å². The van der Waals surface area contributed by atoms with Gasteiger partial charge in [-0.2, -0.15) is 0 Å². The van der Waals surface area contributed by atoms with Crippen molar-refractivity contribution in [1.82, 2.24) is 9.13 Å². The van der Waals surface area contributed by atoms with E-state index in [4.69, 9.17) is 0 Å². The van der Waals surface area contributed by atoms with Crippen LogP contribution in [0.25, 0.3) is 55.0 Å². The molecule has 42 heavy (non-hydrogen) atoms. The second-order valence-electron chi connectivity index (χ2n) is 12.9. The highest BCUT2D eigenvalue weighted by atomic mass is 28.3. The van der Waals surface area contributed by atoms with Crippen molar-refractivity contribution in [2.24, 2.45) is 0 Å². The summed E-state index contributed by atoms with van der Waals surface area (Å²) in [5.74, 6) is 0. The zero-order valence-electron chi connectivity index (χ0n) is 25.6. The van der Waals surface area contributed by atoms with Crippen LogP contribution >= 0.6 is 0 Å². The van der Waals surface area contributed by atoms with Crippen LogP contribution in [0.4, 0.5) is 0 Å².